The van der Waals surface area contributed by atoms with Crippen LogP contribution < -0.4 is 0 Å². The molecule has 0 bridgehead atoms. The van der Waals surface area contributed by atoms with Crippen LogP contribution in [0.2, 0.25) is 0 Å². The van der Waals surface area contributed by atoms with Gasteiger partial charge in [-0.05, 0) is 30.2 Å². The zero-order valence-electron chi connectivity index (χ0n) is 14.4. The van der Waals surface area contributed by atoms with E-state index < -0.39 is 23.4 Å². The first-order chi connectivity index (χ1) is 12.0. The van der Waals surface area contributed by atoms with Gasteiger partial charge in [0.15, 0.2) is 5.69 Å². The minimum absolute atomic E-state index is 0.00730. The number of carboxylic acids is 1. The number of hydrogen-bond donors (Lipinski definition) is 1. The second kappa shape index (κ2) is 7.19. The molecule has 1 aromatic heterocycles. The van der Waals surface area contributed by atoms with E-state index in [1.165, 1.54) is 29.2 Å². The third-order valence-corrected chi connectivity index (χ3v) is 3.61. The van der Waals surface area contributed by atoms with Crippen molar-refractivity contribution in [2.24, 2.45) is 5.92 Å². The molecule has 140 valence electrons. The Balaban J connectivity index is 2.38. The van der Waals surface area contributed by atoms with Gasteiger partial charge in [-0.25, -0.2) is 9.48 Å². The van der Waals surface area contributed by atoms with E-state index in [2.05, 4.69) is 5.10 Å². The number of aromatic carboxylic acids is 1. The monoisotopic (exact) mass is 369 g/mol. The number of rotatable bonds is 5. The summed E-state index contributed by atoms with van der Waals surface area (Å²) in [7, 11) is 1.64. The summed E-state index contributed by atoms with van der Waals surface area (Å²) in [6.45, 7) is 4.46. The molecule has 9 heteroatoms. The van der Waals surface area contributed by atoms with E-state index >= 15 is 0 Å². The topological polar surface area (TPSA) is 75.4 Å². The molecule has 0 saturated carbocycles. The molecule has 0 saturated heterocycles. The molecule has 0 unspecified atom stereocenters. The zero-order chi connectivity index (χ0) is 19.6. The molecule has 1 N–H and O–H groups in total. The highest BCUT2D eigenvalue weighted by Gasteiger charge is 2.40. The molecule has 0 aliphatic rings. The molecular formula is C17H18F3N3O3. The maximum atomic E-state index is 13.2. The summed E-state index contributed by atoms with van der Waals surface area (Å²) in [5, 5.41) is 12.5. The average Bonchev–Trinajstić information content (AvgIpc) is 2.99. The smallest absolute Gasteiger partial charge is 0.434 e. The van der Waals surface area contributed by atoms with Crippen LogP contribution in [0.1, 0.15) is 40.3 Å². The Bertz CT molecular complexity index is 811. The predicted octanol–water partition coefficient (Wildman–Crippen LogP) is 3.32. The molecule has 2 aromatic rings. The first kappa shape index (κ1) is 19.5. The van der Waals surface area contributed by atoms with Crippen LogP contribution in [0.3, 0.4) is 0 Å². The summed E-state index contributed by atoms with van der Waals surface area (Å²) in [5.74, 6) is -1.70. The van der Waals surface area contributed by atoms with Gasteiger partial charge in [0.25, 0.3) is 5.91 Å². The van der Waals surface area contributed by atoms with Gasteiger partial charge >= 0.3 is 12.1 Å². The Morgan fingerprint density at radius 2 is 1.81 bits per heavy atom. The maximum Gasteiger partial charge on any atom is 0.434 e. The van der Waals surface area contributed by atoms with Crippen LogP contribution in [0.15, 0.2) is 30.5 Å². The van der Waals surface area contributed by atoms with Crippen LogP contribution in [-0.2, 0) is 6.18 Å². The van der Waals surface area contributed by atoms with Gasteiger partial charge < -0.3 is 10.0 Å². The van der Waals surface area contributed by atoms with E-state index in [1.807, 2.05) is 13.8 Å². The van der Waals surface area contributed by atoms with Crippen molar-refractivity contribution < 1.29 is 27.9 Å². The standard InChI is InChI=1S/C17H18F3N3O3/c1-10(2)9-22(3)15(24)11-4-6-12(7-5-11)23-14(17(18,19)20)13(8-21-23)16(25)26/h4-8,10H,9H2,1-3H3,(H,25,26). The molecule has 0 spiro atoms. The highest BCUT2D eigenvalue weighted by Crippen LogP contribution is 2.33. The fraction of sp³-hybridized carbons (Fsp3) is 0.353. The summed E-state index contributed by atoms with van der Waals surface area (Å²) >= 11 is 0. The van der Waals surface area contributed by atoms with Gasteiger partial charge in [0, 0.05) is 19.2 Å². The molecule has 26 heavy (non-hydrogen) atoms. The molecular weight excluding hydrogens is 351 g/mol. The Kier molecular flexibility index (Phi) is 5.38. The third-order valence-electron chi connectivity index (χ3n) is 3.61. The first-order valence-electron chi connectivity index (χ1n) is 7.76. The van der Waals surface area contributed by atoms with E-state index in [0.29, 0.717) is 23.0 Å². The number of carboxylic acid groups (broad SMARTS) is 1. The highest BCUT2D eigenvalue weighted by atomic mass is 19.4. The van der Waals surface area contributed by atoms with Gasteiger partial charge in [-0.15, -0.1) is 0 Å². The fourth-order valence-corrected chi connectivity index (χ4v) is 2.57. The summed E-state index contributed by atoms with van der Waals surface area (Å²) in [6, 6.07) is 5.36. The normalized spacial score (nSPS) is 11.7. The van der Waals surface area contributed by atoms with E-state index in [0.717, 1.165) is 0 Å². The summed E-state index contributed by atoms with van der Waals surface area (Å²) in [4.78, 5) is 24.8. The van der Waals surface area contributed by atoms with Crippen molar-refractivity contribution in [1.29, 1.82) is 0 Å². The molecule has 1 aromatic carbocycles. The molecule has 1 amide bonds. The summed E-state index contributed by atoms with van der Waals surface area (Å²) in [5.41, 5.74) is -1.99. The van der Waals surface area contributed by atoms with E-state index in [9.17, 15) is 22.8 Å². The number of benzene rings is 1. The van der Waals surface area contributed by atoms with Crippen molar-refractivity contribution in [2.75, 3.05) is 13.6 Å². The van der Waals surface area contributed by atoms with E-state index in [4.69, 9.17) is 5.11 Å². The van der Waals surface area contributed by atoms with Gasteiger partial charge in [0.05, 0.1) is 11.9 Å². The molecule has 0 aliphatic heterocycles. The van der Waals surface area contributed by atoms with Crippen LogP contribution in [0.5, 0.6) is 0 Å². The van der Waals surface area contributed by atoms with Gasteiger partial charge in [-0.3, -0.25) is 4.79 Å². The number of carbonyl (C=O) groups excluding carboxylic acids is 1. The van der Waals surface area contributed by atoms with Crippen LogP contribution >= 0.6 is 0 Å². The number of halogens is 3. The molecule has 2 rings (SSSR count). The zero-order valence-corrected chi connectivity index (χ0v) is 14.4. The highest BCUT2D eigenvalue weighted by molar-refractivity contribution is 5.94. The summed E-state index contributed by atoms with van der Waals surface area (Å²) in [6.07, 6.45) is -4.24. The Labute approximate surface area is 147 Å². The second-order valence-corrected chi connectivity index (χ2v) is 6.25. The largest absolute Gasteiger partial charge is 0.478 e. The average molecular weight is 369 g/mol. The molecule has 0 fully saturated rings. The number of hydrogen-bond acceptors (Lipinski definition) is 3. The van der Waals surface area contributed by atoms with Crippen LogP contribution in [0.4, 0.5) is 13.2 Å². The Morgan fingerprint density at radius 1 is 1.23 bits per heavy atom. The van der Waals surface area contributed by atoms with Crippen molar-refractivity contribution in [3.05, 3.63) is 47.3 Å². The summed E-state index contributed by atoms with van der Waals surface area (Å²) < 4.78 is 40.2. The minimum atomic E-state index is -4.89. The van der Waals surface area contributed by atoms with Gasteiger partial charge in [0.1, 0.15) is 5.56 Å². The third kappa shape index (κ3) is 4.04. The first-order valence-corrected chi connectivity index (χ1v) is 7.76. The maximum absolute atomic E-state index is 13.2. The van der Waals surface area contributed by atoms with Crippen molar-refractivity contribution in [3.8, 4) is 5.69 Å². The Morgan fingerprint density at radius 3 is 2.27 bits per heavy atom. The van der Waals surface area contributed by atoms with Crippen LogP contribution in [-0.4, -0.2) is 45.3 Å². The number of alkyl halides is 3. The van der Waals surface area contributed by atoms with Crippen molar-refractivity contribution >= 4 is 11.9 Å². The van der Waals surface area contributed by atoms with E-state index in [1.54, 1.807) is 7.05 Å². The molecule has 1 heterocycles. The quantitative estimate of drug-likeness (QED) is 0.877. The van der Waals surface area contributed by atoms with Crippen molar-refractivity contribution in [1.82, 2.24) is 14.7 Å². The lowest BCUT2D eigenvalue weighted by Crippen LogP contribution is -2.30. The lowest BCUT2D eigenvalue weighted by atomic mass is 10.1. The SMILES string of the molecule is CC(C)CN(C)C(=O)c1ccc(-n2ncc(C(=O)O)c2C(F)(F)F)cc1. The van der Waals surface area contributed by atoms with Crippen molar-refractivity contribution in [2.45, 2.75) is 20.0 Å². The molecule has 0 aliphatic carbocycles. The lowest BCUT2D eigenvalue weighted by molar-refractivity contribution is -0.143. The van der Waals surface area contributed by atoms with Gasteiger partial charge in [-0.2, -0.15) is 18.3 Å². The number of amides is 1. The lowest BCUT2D eigenvalue weighted by Gasteiger charge is -2.19. The number of aromatic nitrogens is 2. The molecule has 0 radical (unpaired) electrons. The van der Waals surface area contributed by atoms with Gasteiger partial charge in [-0.1, -0.05) is 13.8 Å². The molecule has 0 atom stereocenters. The number of carbonyl (C=O) groups is 2. The second-order valence-electron chi connectivity index (χ2n) is 6.25. The predicted molar refractivity (Wildman–Crippen MR) is 87.3 cm³/mol. The van der Waals surface area contributed by atoms with Crippen LogP contribution in [0.25, 0.3) is 5.69 Å². The van der Waals surface area contributed by atoms with E-state index in [-0.39, 0.29) is 17.5 Å². The number of nitrogens with zero attached hydrogens (tertiary/aromatic N) is 3. The minimum Gasteiger partial charge on any atom is -0.478 e. The van der Waals surface area contributed by atoms with Crippen molar-refractivity contribution in [3.63, 3.8) is 0 Å². The van der Waals surface area contributed by atoms with Gasteiger partial charge in [0.2, 0.25) is 0 Å². The van der Waals surface area contributed by atoms with Crippen LogP contribution in [0, 0.1) is 5.92 Å². The Hall–Kier alpha value is -2.84. The fourth-order valence-electron chi connectivity index (χ4n) is 2.57. The molecule has 6 nitrogen and oxygen atoms in total.